The van der Waals surface area contributed by atoms with Crippen molar-refractivity contribution in [1.82, 2.24) is 4.90 Å². The number of methoxy groups -OCH3 is 3. The van der Waals surface area contributed by atoms with Gasteiger partial charge >= 0.3 is 0 Å². The zero-order chi connectivity index (χ0) is 20.1. The molecule has 2 aromatic rings. The largest absolute Gasteiger partial charge is 0.497 e. The topological polar surface area (TPSA) is 30.9 Å². The van der Waals surface area contributed by atoms with Crippen LogP contribution in [-0.4, -0.2) is 46.9 Å². The van der Waals surface area contributed by atoms with Crippen molar-refractivity contribution in [1.29, 1.82) is 0 Å². The lowest BCUT2D eigenvalue weighted by Crippen LogP contribution is -2.15. The minimum Gasteiger partial charge on any atom is -0.497 e. The Balaban J connectivity index is 2.11. The molecule has 0 saturated heterocycles. The smallest absolute Gasteiger partial charge is 0.126 e. The summed E-state index contributed by atoms with van der Waals surface area (Å²) in [4.78, 5) is 2.22. The first-order valence-corrected chi connectivity index (χ1v) is 9.50. The van der Waals surface area contributed by atoms with E-state index in [2.05, 4.69) is 43.3 Å². The molecule has 0 bridgehead atoms. The van der Waals surface area contributed by atoms with E-state index in [-0.39, 0.29) is 0 Å². The highest BCUT2D eigenvalue weighted by molar-refractivity contribution is 5.91. The summed E-state index contributed by atoms with van der Waals surface area (Å²) in [5.74, 6) is 2.57. The Morgan fingerprint density at radius 1 is 0.857 bits per heavy atom. The Labute approximate surface area is 168 Å². The lowest BCUT2D eigenvalue weighted by molar-refractivity contribution is 0.402. The number of rotatable bonds is 7. The molecule has 0 aromatic heterocycles. The molecule has 1 aliphatic rings. The third-order valence-corrected chi connectivity index (χ3v) is 5.01. The molecule has 0 amide bonds. The van der Waals surface area contributed by atoms with Crippen LogP contribution in [-0.2, 0) is 0 Å². The highest BCUT2D eigenvalue weighted by Crippen LogP contribution is 2.44. The van der Waals surface area contributed by atoms with Gasteiger partial charge in [0.25, 0.3) is 0 Å². The first kappa shape index (κ1) is 20.0. The van der Waals surface area contributed by atoms with Gasteiger partial charge in [-0.3, -0.25) is 0 Å². The molecule has 3 rings (SSSR count). The zero-order valence-corrected chi connectivity index (χ0v) is 17.4. The van der Waals surface area contributed by atoms with Crippen molar-refractivity contribution in [2.24, 2.45) is 0 Å². The fourth-order valence-corrected chi connectivity index (χ4v) is 3.72. The summed E-state index contributed by atoms with van der Waals surface area (Å²) in [7, 11) is 9.33. The average molecular weight is 380 g/mol. The molecule has 0 saturated carbocycles. The lowest BCUT2D eigenvalue weighted by atomic mass is 9.95. The molecule has 0 aliphatic heterocycles. The van der Waals surface area contributed by atoms with E-state index in [4.69, 9.17) is 14.2 Å². The summed E-state index contributed by atoms with van der Waals surface area (Å²) < 4.78 is 16.5. The maximum absolute atomic E-state index is 5.69. The molecule has 0 unspecified atom stereocenters. The number of nitrogens with zero attached hydrogens (tertiary/aromatic N) is 1. The van der Waals surface area contributed by atoms with Crippen LogP contribution in [0.3, 0.4) is 0 Å². The molecular formula is C24H29NO3. The van der Waals surface area contributed by atoms with Crippen LogP contribution in [0.2, 0.25) is 0 Å². The highest BCUT2D eigenvalue weighted by atomic mass is 16.5. The van der Waals surface area contributed by atoms with E-state index in [1.165, 1.54) is 22.3 Å². The van der Waals surface area contributed by atoms with Crippen LogP contribution in [0.25, 0.3) is 11.6 Å². The zero-order valence-electron chi connectivity index (χ0n) is 17.4. The Morgan fingerprint density at radius 2 is 1.54 bits per heavy atom. The van der Waals surface area contributed by atoms with Crippen molar-refractivity contribution in [3.63, 3.8) is 0 Å². The molecule has 28 heavy (non-hydrogen) atoms. The Hall–Kier alpha value is -2.72. The van der Waals surface area contributed by atoms with Crippen molar-refractivity contribution in [3.8, 4) is 17.2 Å². The summed E-state index contributed by atoms with van der Waals surface area (Å²) in [6.45, 7) is 0.926. The monoisotopic (exact) mass is 379 g/mol. The van der Waals surface area contributed by atoms with Crippen LogP contribution in [0.1, 0.15) is 24.0 Å². The highest BCUT2D eigenvalue weighted by Gasteiger charge is 2.24. The third-order valence-electron chi connectivity index (χ3n) is 5.01. The van der Waals surface area contributed by atoms with E-state index >= 15 is 0 Å². The van der Waals surface area contributed by atoms with Gasteiger partial charge in [-0.25, -0.2) is 0 Å². The van der Waals surface area contributed by atoms with E-state index in [1.807, 2.05) is 24.3 Å². The average Bonchev–Trinajstić information content (AvgIpc) is 3.09. The molecular weight excluding hydrogens is 350 g/mol. The van der Waals surface area contributed by atoms with E-state index in [0.29, 0.717) is 0 Å². The van der Waals surface area contributed by atoms with Crippen molar-refractivity contribution in [3.05, 3.63) is 64.7 Å². The van der Waals surface area contributed by atoms with Crippen LogP contribution >= 0.6 is 0 Å². The number of likely N-dealkylation sites (N-methyl/N-ethyl adjacent to an activating group) is 1. The Kier molecular flexibility index (Phi) is 6.42. The maximum atomic E-state index is 5.69. The maximum Gasteiger partial charge on any atom is 0.126 e. The summed E-state index contributed by atoms with van der Waals surface area (Å²) in [5.41, 5.74) is 6.29. The van der Waals surface area contributed by atoms with Gasteiger partial charge in [0, 0.05) is 12.1 Å². The summed E-state index contributed by atoms with van der Waals surface area (Å²) >= 11 is 0. The molecule has 1 aliphatic carbocycles. The van der Waals surface area contributed by atoms with E-state index in [0.717, 1.165) is 42.2 Å². The minimum absolute atomic E-state index is 0.836. The standard InChI is InChI=1S/C24H29NO3/c1-25(2)16-19-9-8-18(14-17-6-10-20(26-3)11-7-17)24(19)22-15-21(27-4)12-13-23(22)28-5/h6-7,10-15H,8-9,16H2,1-5H3. The Bertz CT molecular complexity index is 879. The van der Waals surface area contributed by atoms with Gasteiger partial charge in [0.05, 0.1) is 21.3 Å². The number of allylic oxidation sites excluding steroid dienone is 2. The number of hydrogen-bond acceptors (Lipinski definition) is 4. The van der Waals surface area contributed by atoms with Crippen molar-refractivity contribution in [2.45, 2.75) is 12.8 Å². The molecule has 0 atom stereocenters. The van der Waals surface area contributed by atoms with Crippen LogP contribution in [0.5, 0.6) is 17.2 Å². The van der Waals surface area contributed by atoms with Gasteiger partial charge in [-0.2, -0.15) is 0 Å². The van der Waals surface area contributed by atoms with Gasteiger partial charge in [-0.15, -0.1) is 0 Å². The number of ether oxygens (including phenoxy) is 3. The molecule has 0 radical (unpaired) electrons. The molecule has 4 nitrogen and oxygen atoms in total. The SMILES string of the molecule is COc1ccc(C=C2CCC(CN(C)C)=C2c2cc(OC)ccc2OC)cc1. The van der Waals surface area contributed by atoms with Gasteiger partial charge in [0.15, 0.2) is 0 Å². The summed E-state index contributed by atoms with van der Waals surface area (Å²) in [5, 5.41) is 0. The van der Waals surface area contributed by atoms with E-state index < -0.39 is 0 Å². The molecule has 148 valence electrons. The number of hydrogen-bond donors (Lipinski definition) is 0. The minimum atomic E-state index is 0.836. The van der Waals surface area contributed by atoms with E-state index in [9.17, 15) is 0 Å². The fraction of sp³-hybridized carbons (Fsp3) is 0.333. The Morgan fingerprint density at radius 3 is 2.14 bits per heavy atom. The lowest BCUT2D eigenvalue weighted by Gasteiger charge is -2.17. The normalized spacial score (nSPS) is 15.4. The predicted molar refractivity (Wildman–Crippen MR) is 115 cm³/mol. The molecule has 0 fully saturated rings. The second kappa shape index (κ2) is 8.98. The third kappa shape index (κ3) is 4.39. The molecule has 0 heterocycles. The molecule has 0 N–H and O–H groups in total. The summed E-state index contributed by atoms with van der Waals surface area (Å²) in [6, 6.07) is 14.2. The van der Waals surface area contributed by atoms with Crippen molar-refractivity contribution < 1.29 is 14.2 Å². The second-order valence-electron chi connectivity index (χ2n) is 7.23. The van der Waals surface area contributed by atoms with Crippen LogP contribution in [0, 0.1) is 0 Å². The molecule has 0 spiro atoms. The van der Waals surface area contributed by atoms with Gasteiger partial charge in [0.2, 0.25) is 0 Å². The summed E-state index contributed by atoms with van der Waals surface area (Å²) in [6.07, 6.45) is 4.34. The van der Waals surface area contributed by atoms with Crippen molar-refractivity contribution in [2.75, 3.05) is 42.0 Å². The van der Waals surface area contributed by atoms with Crippen LogP contribution in [0.4, 0.5) is 0 Å². The van der Waals surface area contributed by atoms with E-state index in [1.54, 1.807) is 21.3 Å². The van der Waals surface area contributed by atoms with Crippen LogP contribution in [0.15, 0.2) is 53.6 Å². The van der Waals surface area contributed by atoms with Gasteiger partial charge in [-0.1, -0.05) is 18.2 Å². The quantitative estimate of drug-likeness (QED) is 0.684. The first-order chi connectivity index (χ1) is 13.5. The van der Waals surface area contributed by atoms with Crippen LogP contribution < -0.4 is 14.2 Å². The molecule has 4 heteroatoms. The second-order valence-corrected chi connectivity index (χ2v) is 7.23. The predicted octanol–water partition coefficient (Wildman–Crippen LogP) is 4.91. The van der Waals surface area contributed by atoms with Gasteiger partial charge < -0.3 is 19.1 Å². The van der Waals surface area contributed by atoms with Gasteiger partial charge in [0.1, 0.15) is 17.2 Å². The van der Waals surface area contributed by atoms with Gasteiger partial charge in [-0.05, 0) is 79.6 Å². The fourth-order valence-electron chi connectivity index (χ4n) is 3.72. The van der Waals surface area contributed by atoms with Crippen molar-refractivity contribution >= 4 is 11.6 Å². The number of benzene rings is 2. The first-order valence-electron chi connectivity index (χ1n) is 9.50. The molecule has 2 aromatic carbocycles.